The first-order chi connectivity index (χ1) is 6.81. The van der Waals surface area contributed by atoms with Crippen molar-refractivity contribution in [3.8, 4) is 0 Å². The van der Waals surface area contributed by atoms with E-state index in [1.165, 1.54) is 6.08 Å². The maximum atomic E-state index is 10.1. The molecule has 1 heterocycles. The molecule has 2 aromatic rings. The van der Waals surface area contributed by atoms with Crippen LogP contribution in [0.15, 0.2) is 35.5 Å². The Balaban J connectivity index is 2.78. The molecule has 0 unspecified atom stereocenters. The first kappa shape index (κ1) is 8.88. The Morgan fingerprint density at radius 2 is 2.29 bits per heavy atom. The summed E-state index contributed by atoms with van der Waals surface area (Å²) in [5.41, 5.74) is 1.20. The van der Waals surface area contributed by atoms with E-state index in [4.69, 9.17) is 11.6 Å². The summed E-state index contributed by atoms with van der Waals surface area (Å²) in [7, 11) is 0. The van der Waals surface area contributed by atoms with E-state index >= 15 is 0 Å². The Bertz CT molecular complexity index is 533. The number of fused-ring (bicyclic) bond motifs is 1. The molecule has 0 aliphatic rings. The van der Waals surface area contributed by atoms with Crippen molar-refractivity contribution in [3.05, 3.63) is 35.5 Å². The zero-order chi connectivity index (χ0) is 9.97. The van der Waals surface area contributed by atoms with Crippen LogP contribution in [-0.2, 0) is 4.79 Å². The summed E-state index contributed by atoms with van der Waals surface area (Å²) in [6.07, 6.45) is 3.14. The summed E-state index contributed by atoms with van der Waals surface area (Å²) in [5, 5.41) is 1.34. The van der Waals surface area contributed by atoms with Crippen molar-refractivity contribution in [2.45, 2.75) is 0 Å². The number of benzene rings is 1. The van der Waals surface area contributed by atoms with Crippen molar-refractivity contribution in [3.63, 3.8) is 0 Å². The highest BCUT2D eigenvalue weighted by molar-refractivity contribution is 6.35. The third-order valence-electron chi connectivity index (χ3n) is 1.82. The van der Waals surface area contributed by atoms with E-state index in [0.717, 1.165) is 5.39 Å². The van der Waals surface area contributed by atoms with Gasteiger partial charge in [0.1, 0.15) is 0 Å². The molecule has 1 aromatic heterocycles. The van der Waals surface area contributed by atoms with Gasteiger partial charge in [-0.3, -0.25) is 4.98 Å². The molecular formula is C10H5ClN2O. The van der Waals surface area contributed by atoms with E-state index in [1.54, 1.807) is 24.4 Å². The molecule has 14 heavy (non-hydrogen) atoms. The first-order valence-corrected chi connectivity index (χ1v) is 4.31. The highest BCUT2D eigenvalue weighted by atomic mass is 35.5. The lowest BCUT2D eigenvalue weighted by Gasteiger charge is -1.99. The van der Waals surface area contributed by atoms with E-state index in [-0.39, 0.29) is 0 Å². The lowest BCUT2D eigenvalue weighted by molar-refractivity contribution is 0.565. The predicted octanol–water partition coefficient (Wildman–Crippen LogP) is 2.86. The van der Waals surface area contributed by atoms with Crippen LogP contribution in [0.4, 0.5) is 5.69 Å². The fraction of sp³-hybridized carbons (Fsp3) is 0. The molecular weight excluding hydrogens is 200 g/mol. The molecule has 0 radical (unpaired) electrons. The number of pyridine rings is 1. The van der Waals surface area contributed by atoms with Crippen LogP contribution in [0.3, 0.4) is 0 Å². The summed E-state index contributed by atoms with van der Waals surface area (Å²) in [4.78, 5) is 17.7. The summed E-state index contributed by atoms with van der Waals surface area (Å²) < 4.78 is 0. The standard InChI is InChI=1S/C10H5ClN2O/c11-9-5-8(13-6-14)4-7-2-1-3-12-10(7)9/h1-5H. The molecule has 0 atom stereocenters. The van der Waals surface area contributed by atoms with Crippen molar-refractivity contribution in [1.29, 1.82) is 0 Å². The topological polar surface area (TPSA) is 42.3 Å². The van der Waals surface area contributed by atoms with E-state index in [9.17, 15) is 4.79 Å². The number of halogens is 1. The molecule has 0 fully saturated rings. The Morgan fingerprint density at radius 1 is 1.43 bits per heavy atom. The first-order valence-electron chi connectivity index (χ1n) is 3.93. The molecule has 0 saturated carbocycles. The number of hydrogen-bond donors (Lipinski definition) is 0. The molecule has 3 nitrogen and oxygen atoms in total. The van der Waals surface area contributed by atoms with Crippen molar-refractivity contribution in [2.75, 3.05) is 0 Å². The van der Waals surface area contributed by atoms with E-state index in [0.29, 0.717) is 16.2 Å². The fourth-order valence-corrected chi connectivity index (χ4v) is 1.52. The third-order valence-corrected chi connectivity index (χ3v) is 2.11. The van der Waals surface area contributed by atoms with E-state index < -0.39 is 0 Å². The molecule has 4 heteroatoms. The number of hydrogen-bond acceptors (Lipinski definition) is 3. The molecule has 2 rings (SSSR count). The SMILES string of the molecule is O=C=Nc1cc(Cl)c2ncccc2c1. The summed E-state index contributed by atoms with van der Waals surface area (Å²) in [6, 6.07) is 6.98. The number of nitrogens with zero attached hydrogens (tertiary/aromatic N) is 2. The second-order valence-electron chi connectivity index (χ2n) is 2.71. The van der Waals surface area contributed by atoms with Gasteiger partial charge < -0.3 is 0 Å². The third kappa shape index (κ3) is 1.51. The van der Waals surface area contributed by atoms with Gasteiger partial charge in [-0.2, -0.15) is 4.99 Å². The van der Waals surface area contributed by atoms with Gasteiger partial charge >= 0.3 is 0 Å². The van der Waals surface area contributed by atoms with Gasteiger partial charge in [-0.15, -0.1) is 0 Å². The molecule has 0 N–H and O–H groups in total. The lowest BCUT2D eigenvalue weighted by atomic mass is 10.2. The van der Waals surface area contributed by atoms with Crippen molar-refractivity contribution < 1.29 is 4.79 Å². The van der Waals surface area contributed by atoms with Crippen molar-refractivity contribution in [1.82, 2.24) is 4.98 Å². The second-order valence-corrected chi connectivity index (χ2v) is 3.11. The number of isocyanates is 1. The minimum absolute atomic E-state index is 0.483. The minimum Gasteiger partial charge on any atom is -0.255 e. The van der Waals surface area contributed by atoms with Gasteiger partial charge in [0.2, 0.25) is 6.08 Å². The van der Waals surface area contributed by atoms with E-state index in [2.05, 4.69) is 9.98 Å². The zero-order valence-electron chi connectivity index (χ0n) is 7.07. The number of aliphatic imine (C=N–C) groups is 1. The minimum atomic E-state index is 0.483. The second kappa shape index (κ2) is 3.58. The molecule has 0 amide bonds. The average molecular weight is 205 g/mol. The van der Waals surface area contributed by atoms with Gasteiger partial charge in [-0.1, -0.05) is 17.7 Å². The predicted molar refractivity (Wildman–Crippen MR) is 54.5 cm³/mol. The molecule has 68 valence electrons. The molecule has 1 aromatic carbocycles. The molecule has 0 saturated heterocycles. The van der Waals surface area contributed by atoms with Crippen LogP contribution >= 0.6 is 11.6 Å². The Hall–Kier alpha value is -1.70. The van der Waals surface area contributed by atoms with Crippen LogP contribution in [-0.4, -0.2) is 11.1 Å². The molecule has 0 aliphatic carbocycles. The largest absolute Gasteiger partial charge is 0.255 e. The van der Waals surface area contributed by atoms with Crippen LogP contribution in [0.2, 0.25) is 5.02 Å². The molecule has 0 spiro atoms. The zero-order valence-corrected chi connectivity index (χ0v) is 7.82. The molecule has 0 aliphatic heterocycles. The monoisotopic (exact) mass is 204 g/mol. The molecule has 0 bridgehead atoms. The summed E-state index contributed by atoms with van der Waals surface area (Å²) in [5.74, 6) is 0. The van der Waals surface area contributed by atoms with Gasteiger partial charge in [0.05, 0.1) is 16.2 Å². The Morgan fingerprint density at radius 3 is 3.07 bits per heavy atom. The number of aromatic nitrogens is 1. The van der Waals surface area contributed by atoms with Crippen LogP contribution in [0.5, 0.6) is 0 Å². The lowest BCUT2D eigenvalue weighted by Crippen LogP contribution is -1.78. The maximum Gasteiger partial charge on any atom is 0.240 e. The summed E-state index contributed by atoms with van der Waals surface area (Å²) >= 11 is 5.95. The highest BCUT2D eigenvalue weighted by Gasteiger charge is 2.01. The van der Waals surface area contributed by atoms with Gasteiger partial charge in [0.25, 0.3) is 0 Å². The quantitative estimate of drug-likeness (QED) is 0.530. The maximum absolute atomic E-state index is 10.1. The smallest absolute Gasteiger partial charge is 0.240 e. The van der Waals surface area contributed by atoms with Gasteiger partial charge in [-0.05, 0) is 18.2 Å². The fourth-order valence-electron chi connectivity index (χ4n) is 1.25. The van der Waals surface area contributed by atoms with Gasteiger partial charge in [0, 0.05) is 11.6 Å². The highest BCUT2D eigenvalue weighted by Crippen LogP contribution is 2.27. The Labute approximate surface area is 85.1 Å². The van der Waals surface area contributed by atoms with Crippen molar-refractivity contribution in [2.24, 2.45) is 4.99 Å². The van der Waals surface area contributed by atoms with Crippen LogP contribution < -0.4 is 0 Å². The number of rotatable bonds is 1. The van der Waals surface area contributed by atoms with Crippen LogP contribution in [0, 0.1) is 0 Å². The Kier molecular flexibility index (Phi) is 2.27. The van der Waals surface area contributed by atoms with Crippen LogP contribution in [0.25, 0.3) is 10.9 Å². The average Bonchev–Trinajstić information content (AvgIpc) is 2.18. The normalized spacial score (nSPS) is 9.79. The van der Waals surface area contributed by atoms with Gasteiger partial charge in [0.15, 0.2) is 0 Å². The van der Waals surface area contributed by atoms with E-state index in [1.807, 2.05) is 6.07 Å². The summed E-state index contributed by atoms with van der Waals surface area (Å²) in [6.45, 7) is 0. The van der Waals surface area contributed by atoms with Crippen LogP contribution in [0.1, 0.15) is 0 Å². The van der Waals surface area contributed by atoms with Gasteiger partial charge in [-0.25, -0.2) is 4.79 Å². The van der Waals surface area contributed by atoms with Crippen molar-refractivity contribution >= 4 is 34.3 Å². The number of carbonyl (C=O) groups excluding carboxylic acids is 1.